The van der Waals surface area contributed by atoms with E-state index in [0.717, 1.165) is 19.6 Å². The summed E-state index contributed by atoms with van der Waals surface area (Å²) in [5.74, 6) is 0.708. The van der Waals surface area contributed by atoms with E-state index >= 15 is 0 Å². The highest BCUT2D eigenvalue weighted by Crippen LogP contribution is 2.30. The predicted octanol–water partition coefficient (Wildman–Crippen LogP) is 3.13. The van der Waals surface area contributed by atoms with Crippen LogP contribution in [0.3, 0.4) is 0 Å². The SMILES string of the molecule is CCOC(=O)NC(C(=O)Nc1ccc(OC)c(OCCN(CC)CC)c1)C(C)C. The number of nitrogens with zero attached hydrogens (tertiary/aromatic N) is 1. The lowest BCUT2D eigenvalue weighted by Gasteiger charge is -2.22. The molecular weight excluding hydrogens is 374 g/mol. The van der Waals surface area contributed by atoms with Gasteiger partial charge in [-0.15, -0.1) is 0 Å². The first-order chi connectivity index (χ1) is 13.9. The van der Waals surface area contributed by atoms with Crippen molar-refractivity contribution in [2.75, 3.05) is 45.3 Å². The second kappa shape index (κ2) is 12.9. The molecule has 2 N–H and O–H groups in total. The summed E-state index contributed by atoms with van der Waals surface area (Å²) in [6, 6.07) is 4.48. The molecule has 0 spiro atoms. The Kier molecular flexibility index (Phi) is 10.9. The first-order valence-corrected chi connectivity index (χ1v) is 10.1. The van der Waals surface area contributed by atoms with Gasteiger partial charge in [0, 0.05) is 18.3 Å². The number of alkyl carbamates (subject to hydrolysis) is 1. The van der Waals surface area contributed by atoms with E-state index < -0.39 is 12.1 Å². The second-order valence-corrected chi connectivity index (χ2v) is 6.82. The fourth-order valence-electron chi connectivity index (χ4n) is 2.75. The fourth-order valence-corrected chi connectivity index (χ4v) is 2.75. The monoisotopic (exact) mass is 409 g/mol. The number of hydrogen-bond acceptors (Lipinski definition) is 6. The van der Waals surface area contributed by atoms with Crippen molar-refractivity contribution in [2.24, 2.45) is 5.92 Å². The highest BCUT2D eigenvalue weighted by atomic mass is 16.5. The van der Waals surface area contributed by atoms with Gasteiger partial charge in [0.05, 0.1) is 13.7 Å². The zero-order valence-electron chi connectivity index (χ0n) is 18.4. The van der Waals surface area contributed by atoms with Gasteiger partial charge in [-0.05, 0) is 38.1 Å². The summed E-state index contributed by atoms with van der Waals surface area (Å²) in [5.41, 5.74) is 0.560. The number of methoxy groups -OCH3 is 1. The molecule has 0 aromatic heterocycles. The highest BCUT2D eigenvalue weighted by molar-refractivity contribution is 5.97. The summed E-state index contributed by atoms with van der Waals surface area (Å²) >= 11 is 0. The molecule has 0 saturated heterocycles. The maximum Gasteiger partial charge on any atom is 0.407 e. The fraction of sp³-hybridized carbons (Fsp3) is 0.619. The zero-order chi connectivity index (χ0) is 21.8. The van der Waals surface area contributed by atoms with E-state index in [2.05, 4.69) is 29.4 Å². The van der Waals surface area contributed by atoms with Gasteiger partial charge in [-0.1, -0.05) is 27.7 Å². The molecular formula is C21H35N3O5. The third kappa shape index (κ3) is 8.19. The predicted molar refractivity (Wildman–Crippen MR) is 114 cm³/mol. The molecule has 0 fully saturated rings. The van der Waals surface area contributed by atoms with Gasteiger partial charge in [-0.3, -0.25) is 4.79 Å². The molecule has 0 heterocycles. The Morgan fingerprint density at radius 2 is 1.79 bits per heavy atom. The second-order valence-electron chi connectivity index (χ2n) is 6.82. The van der Waals surface area contributed by atoms with E-state index in [1.54, 1.807) is 32.2 Å². The summed E-state index contributed by atoms with van der Waals surface area (Å²) in [6.07, 6.45) is -0.614. The lowest BCUT2D eigenvalue weighted by Crippen LogP contribution is -2.47. The summed E-state index contributed by atoms with van der Waals surface area (Å²) in [5, 5.41) is 5.43. The van der Waals surface area contributed by atoms with Crippen molar-refractivity contribution < 1.29 is 23.8 Å². The first-order valence-electron chi connectivity index (χ1n) is 10.1. The van der Waals surface area contributed by atoms with Crippen molar-refractivity contribution in [3.05, 3.63) is 18.2 Å². The number of benzene rings is 1. The summed E-state index contributed by atoms with van der Waals surface area (Å²) in [7, 11) is 1.57. The Hall–Kier alpha value is -2.48. The quantitative estimate of drug-likeness (QED) is 0.551. The molecule has 1 aromatic carbocycles. The minimum absolute atomic E-state index is 0.109. The number of anilines is 1. The van der Waals surface area contributed by atoms with E-state index in [1.807, 2.05) is 13.8 Å². The van der Waals surface area contributed by atoms with Crippen LogP contribution in [0.15, 0.2) is 18.2 Å². The number of carbonyl (C=O) groups is 2. The van der Waals surface area contributed by atoms with Crippen molar-refractivity contribution in [3.63, 3.8) is 0 Å². The molecule has 0 aliphatic carbocycles. The van der Waals surface area contributed by atoms with Crippen molar-refractivity contribution in [1.82, 2.24) is 10.2 Å². The minimum atomic E-state index is -0.719. The minimum Gasteiger partial charge on any atom is -0.493 e. The van der Waals surface area contributed by atoms with Gasteiger partial charge < -0.3 is 29.7 Å². The molecule has 0 radical (unpaired) electrons. The van der Waals surface area contributed by atoms with Crippen LogP contribution in [-0.4, -0.2) is 62.9 Å². The Bertz CT molecular complexity index is 647. The summed E-state index contributed by atoms with van der Waals surface area (Å²) in [6.45, 7) is 13.1. The van der Waals surface area contributed by atoms with Gasteiger partial charge in [0.25, 0.3) is 0 Å². The Labute approximate surface area is 173 Å². The lowest BCUT2D eigenvalue weighted by molar-refractivity contribution is -0.119. The van der Waals surface area contributed by atoms with E-state index in [0.29, 0.717) is 23.8 Å². The largest absolute Gasteiger partial charge is 0.493 e. The molecule has 8 nitrogen and oxygen atoms in total. The molecule has 1 aromatic rings. The lowest BCUT2D eigenvalue weighted by atomic mass is 10.0. The van der Waals surface area contributed by atoms with Crippen molar-refractivity contribution in [1.29, 1.82) is 0 Å². The molecule has 0 saturated carbocycles. The smallest absolute Gasteiger partial charge is 0.407 e. The molecule has 1 atom stereocenters. The Morgan fingerprint density at radius 1 is 1.10 bits per heavy atom. The van der Waals surface area contributed by atoms with Gasteiger partial charge in [-0.2, -0.15) is 0 Å². The molecule has 8 heteroatoms. The molecule has 1 rings (SSSR count). The summed E-state index contributed by atoms with van der Waals surface area (Å²) < 4.78 is 16.1. The number of nitrogens with one attached hydrogen (secondary N) is 2. The number of carbonyl (C=O) groups excluding carboxylic acids is 2. The third-order valence-electron chi connectivity index (χ3n) is 4.49. The molecule has 1 unspecified atom stereocenters. The van der Waals surface area contributed by atoms with E-state index in [4.69, 9.17) is 14.2 Å². The highest BCUT2D eigenvalue weighted by Gasteiger charge is 2.25. The van der Waals surface area contributed by atoms with Crippen LogP contribution in [0, 0.1) is 5.92 Å². The molecule has 2 amide bonds. The summed E-state index contributed by atoms with van der Waals surface area (Å²) in [4.78, 5) is 26.7. The molecule has 0 aliphatic heterocycles. The zero-order valence-corrected chi connectivity index (χ0v) is 18.4. The normalized spacial score (nSPS) is 11.9. The molecule has 0 bridgehead atoms. The van der Waals surface area contributed by atoms with Gasteiger partial charge in [0.15, 0.2) is 11.5 Å². The number of ether oxygens (including phenoxy) is 3. The topological polar surface area (TPSA) is 89.1 Å². The van der Waals surface area contributed by atoms with Crippen LogP contribution in [0.5, 0.6) is 11.5 Å². The van der Waals surface area contributed by atoms with E-state index in [-0.39, 0.29) is 18.4 Å². The van der Waals surface area contributed by atoms with Crippen molar-refractivity contribution in [3.8, 4) is 11.5 Å². The average Bonchev–Trinajstić information content (AvgIpc) is 2.69. The van der Waals surface area contributed by atoms with Gasteiger partial charge in [-0.25, -0.2) is 4.79 Å². The number of rotatable bonds is 12. The van der Waals surface area contributed by atoms with Crippen LogP contribution in [0.1, 0.15) is 34.6 Å². The maximum absolute atomic E-state index is 12.7. The Balaban J connectivity index is 2.83. The van der Waals surface area contributed by atoms with Gasteiger partial charge >= 0.3 is 6.09 Å². The average molecular weight is 410 g/mol. The van der Waals surface area contributed by atoms with Gasteiger partial charge in [0.2, 0.25) is 5.91 Å². The van der Waals surface area contributed by atoms with Crippen LogP contribution in [0.2, 0.25) is 0 Å². The number of likely N-dealkylation sites (N-methyl/N-ethyl adjacent to an activating group) is 1. The van der Waals surface area contributed by atoms with E-state index in [1.165, 1.54) is 0 Å². The molecule has 29 heavy (non-hydrogen) atoms. The molecule has 0 aliphatic rings. The van der Waals surface area contributed by atoms with Crippen LogP contribution in [0.25, 0.3) is 0 Å². The standard InChI is InChI=1S/C21H35N3O5/c1-7-24(8-2)12-13-29-18-14-16(10-11-17(18)27-6)22-20(25)19(15(4)5)23-21(26)28-9-3/h10-11,14-15,19H,7-9,12-13H2,1-6H3,(H,22,25)(H,23,26). The van der Waals surface area contributed by atoms with Crippen LogP contribution < -0.4 is 20.1 Å². The van der Waals surface area contributed by atoms with E-state index in [9.17, 15) is 9.59 Å². The molecule has 164 valence electrons. The van der Waals surface area contributed by atoms with Crippen molar-refractivity contribution >= 4 is 17.7 Å². The number of amides is 2. The third-order valence-corrected chi connectivity index (χ3v) is 4.49. The maximum atomic E-state index is 12.7. The van der Waals surface area contributed by atoms with Crippen LogP contribution in [0.4, 0.5) is 10.5 Å². The van der Waals surface area contributed by atoms with Crippen LogP contribution >= 0.6 is 0 Å². The number of hydrogen-bond donors (Lipinski definition) is 2. The van der Waals surface area contributed by atoms with Gasteiger partial charge in [0.1, 0.15) is 12.6 Å². The first kappa shape index (κ1) is 24.6. The Morgan fingerprint density at radius 3 is 2.34 bits per heavy atom. The van der Waals surface area contributed by atoms with Crippen molar-refractivity contribution in [2.45, 2.75) is 40.7 Å². The van der Waals surface area contributed by atoms with Crippen LogP contribution in [-0.2, 0) is 9.53 Å².